The molecule has 0 saturated heterocycles. The van der Waals surface area contributed by atoms with Gasteiger partial charge in [-0.05, 0) is 44.7 Å². The Morgan fingerprint density at radius 1 is 1.19 bits per heavy atom. The van der Waals surface area contributed by atoms with Crippen LogP contribution in [0.5, 0.6) is 0 Å². The Morgan fingerprint density at radius 2 is 1.76 bits per heavy atom. The summed E-state index contributed by atoms with van der Waals surface area (Å²) in [5, 5.41) is 8.72. The summed E-state index contributed by atoms with van der Waals surface area (Å²) in [5.41, 5.74) is 0.232. The van der Waals surface area contributed by atoms with Crippen LogP contribution in [0, 0.1) is 6.92 Å². The number of hydrogen-bond donors (Lipinski definition) is 3. The maximum absolute atomic E-state index is 12.0. The molecule has 0 unspecified atom stereocenters. The number of carboxylic acid groups (broad SMARTS) is 1. The molecule has 0 aliphatic rings. The number of sulfonamides is 2. The molecule has 21 heavy (non-hydrogen) atoms. The molecule has 118 valence electrons. The zero-order chi connectivity index (χ0) is 16.4. The summed E-state index contributed by atoms with van der Waals surface area (Å²) in [6, 6.07) is 2.13. The zero-order valence-corrected chi connectivity index (χ0v) is 13.2. The lowest BCUT2D eigenvalue weighted by Crippen LogP contribution is -2.38. The van der Waals surface area contributed by atoms with E-state index in [1.807, 2.05) is 4.72 Å². The first-order chi connectivity index (χ1) is 9.51. The fourth-order valence-electron chi connectivity index (χ4n) is 1.55. The lowest BCUT2D eigenvalue weighted by Gasteiger charge is -2.12. The molecule has 0 spiro atoms. The minimum absolute atomic E-state index is 0.0461. The van der Waals surface area contributed by atoms with Crippen LogP contribution in [0.15, 0.2) is 28.0 Å². The van der Waals surface area contributed by atoms with Gasteiger partial charge in [-0.1, -0.05) is 0 Å². The first-order valence-electron chi connectivity index (χ1n) is 5.80. The number of carboxylic acids is 1. The molecule has 1 aromatic carbocycles. The van der Waals surface area contributed by atoms with Crippen LogP contribution >= 0.6 is 0 Å². The van der Waals surface area contributed by atoms with Gasteiger partial charge in [0, 0.05) is 0 Å². The van der Waals surface area contributed by atoms with E-state index in [2.05, 4.69) is 4.72 Å². The van der Waals surface area contributed by atoms with Crippen molar-refractivity contribution in [3.63, 3.8) is 0 Å². The molecule has 0 aliphatic carbocycles. The second-order valence-electron chi connectivity index (χ2n) is 4.32. The Labute approximate surface area is 123 Å². The van der Waals surface area contributed by atoms with Crippen LogP contribution in [0.2, 0.25) is 0 Å². The first kappa shape index (κ1) is 17.6. The van der Waals surface area contributed by atoms with Gasteiger partial charge in [0.1, 0.15) is 6.04 Å². The summed E-state index contributed by atoms with van der Waals surface area (Å²) < 4.78 is 51.5. The van der Waals surface area contributed by atoms with Gasteiger partial charge in [-0.15, -0.1) is 0 Å². The number of benzene rings is 1. The van der Waals surface area contributed by atoms with Crippen LogP contribution in [-0.2, 0) is 24.8 Å². The van der Waals surface area contributed by atoms with E-state index in [-0.39, 0.29) is 15.4 Å². The average molecular weight is 336 g/mol. The molecule has 0 heterocycles. The first-order valence-corrected chi connectivity index (χ1v) is 8.77. The molecule has 0 aromatic heterocycles. The molecular weight excluding hydrogens is 320 g/mol. The monoisotopic (exact) mass is 336 g/mol. The van der Waals surface area contributed by atoms with Crippen molar-refractivity contribution < 1.29 is 26.7 Å². The third kappa shape index (κ3) is 4.00. The zero-order valence-electron chi connectivity index (χ0n) is 11.6. The predicted molar refractivity (Wildman–Crippen MR) is 74.8 cm³/mol. The van der Waals surface area contributed by atoms with E-state index in [0.29, 0.717) is 0 Å². The fourth-order valence-corrected chi connectivity index (χ4v) is 3.78. The third-order valence-corrected chi connectivity index (χ3v) is 5.83. The van der Waals surface area contributed by atoms with Gasteiger partial charge in [0.25, 0.3) is 0 Å². The summed E-state index contributed by atoms with van der Waals surface area (Å²) in [6.45, 7) is 2.64. The van der Waals surface area contributed by atoms with E-state index < -0.39 is 32.1 Å². The van der Waals surface area contributed by atoms with Crippen molar-refractivity contribution in [3.8, 4) is 0 Å². The van der Waals surface area contributed by atoms with Gasteiger partial charge in [0.05, 0.1) is 9.79 Å². The van der Waals surface area contributed by atoms with Gasteiger partial charge < -0.3 is 5.11 Å². The molecule has 0 saturated carbocycles. The molecule has 0 bridgehead atoms. The van der Waals surface area contributed by atoms with Gasteiger partial charge in [0.15, 0.2) is 0 Å². The molecule has 1 aromatic rings. The molecule has 1 rings (SSSR count). The normalized spacial score (nSPS) is 13.9. The molecule has 3 N–H and O–H groups in total. The minimum atomic E-state index is -4.04. The summed E-state index contributed by atoms with van der Waals surface area (Å²) >= 11 is 0. The molecule has 8 nitrogen and oxygen atoms in total. The van der Waals surface area contributed by atoms with Crippen LogP contribution < -0.4 is 9.44 Å². The van der Waals surface area contributed by atoms with Gasteiger partial charge >= 0.3 is 5.97 Å². The van der Waals surface area contributed by atoms with Crippen molar-refractivity contribution in [1.29, 1.82) is 0 Å². The summed E-state index contributed by atoms with van der Waals surface area (Å²) in [7, 11) is -6.48. The Balaban J connectivity index is 3.24. The standard InChI is InChI=1S/C11H16N2O6S2/c1-7-6-9(4-5-10(7)21(18,19)12-3)20(16,17)13-8(2)11(14)15/h4-6,8,12-13H,1-3H3,(H,14,15)/t8-/m1/s1. The van der Waals surface area contributed by atoms with Crippen molar-refractivity contribution in [2.24, 2.45) is 0 Å². The van der Waals surface area contributed by atoms with Crippen molar-refractivity contribution in [3.05, 3.63) is 23.8 Å². The molecule has 0 fully saturated rings. The van der Waals surface area contributed by atoms with Gasteiger partial charge in [0.2, 0.25) is 20.0 Å². The number of aryl methyl sites for hydroxylation is 1. The molecule has 0 aliphatic heterocycles. The van der Waals surface area contributed by atoms with E-state index in [1.165, 1.54) is 27.0 Å². The Morgan fingerprint density at radius 3 is 2.19 bits per heavy atom. The van der Waals surface area contributed by atoms with Crippen LogP contribution in [-0.4, -0.2) is 41.0 Å². The maximum Gasteiger partial charge on any atom is 0.321 e. The third-order valence-electron chi connectivity index (χ3n) is 2.72. The van der Waals surface area contributed by atoms with Crippen molar-refractivity contribution in [1.82, 2.24) is 9.44 Å². The number of rotatable bonds is 6. The topological polar surface area (TPSA) is 130 Å². The Bertz CT molecular complexity index is 755. The van der Waals surface area contributed by atoms with Gasteiger partial charge in [-0.3, -0.25) is 4.79 Å². The second kappa shape index (κ2) is 6.10. The second-order valence-corrected chi connectivity index (χ2v) is 7.89. The summed E-state index contributed by atoms with van der Waals surface area (Å²) in [5.74, 6) is -1.32. The number of hydrogen-bond acceptors (Lipinski definition) is 5. The largest absolute Gasteiger partial charge is 0.480 e. The Hall–Kier alpha value is -1.49. The number of aliphatic carboxylic acids is 1. The summed E-state index contributed by atoms with van der Waals surface area (Å²) in [6.07, 6.45) is 0. The number of nitrogens with one attached hydrogen (secondary N) is 2. The van der Waals surface area contributed by atoms with Gasteiger partial charge in [-0.2, -0.15) is 4.72 Å². The smallest absolute Gasteiger partial charge is 0.321 e. The molecule has 0 radical (unpaired) electrons. The SMILES string of the molecule is CNS(=O)(=O)c1ccc(S(=O)(=O)N[C@H](C)C(=O)O)cc1C. The van der Waals surface area contributed by atoms with Crippen molar-refractivity contribution in [2.45, 2.75) is 29.7 Å². The quantitative estimate of drug-likeness (QED) is 0.651. The van der Waals surface area contributed by atoms with Crippen molar-refractivity contribution >= 4 is 26.0 Å². The van der Waals surface area contributed by atoms with Gasteiger partial charge in [-0.25, -0.2) is 21.6 Å². The average Bonchev–Trinajstić information content (AvgIpc) is 2.37. The molecule has 1 atom stereocenters. The summed E-state index contributed by atoms with van der Waals surface area (Å²) in [4.78, 5) is 10.4. The van der Waals surface area contributed by atoms with Crippen molar-refractivity contribution in [2.75, 3.05) is 7.05 Å². The van der Waals surface area contributed by atoms with E-state index in [9.17, 15) is 21.6 Å². The highest BCUT2D eigenvalue weighted by Crippen LogP contribution is 2.19. The fraction of sp³-hybridized carbons (Fsp3) is 0.364. The van der Waals surface area contributed by atoms with E-state index >= 15 is 0 Å². The lowest BCUT2D eigenvalue weighted by molar-refractivity contribution is -0.138. The van der Waals surface area contributed by atoms with E-state index in [0.717, 1.165) is 12.1 Å². The molecule has 0 amide bonds. The van der Waals surface area contributed by atoms with Crippen LogP contribution in [0.4, 0.5) is 0 Å². The lowest BCUT2D eigenvalue weighted by atomic mass is 10.2. The highest BCUT2D eigenvalue weighted by molar-refractivity contribution is 7.90. The Kier molecular flexibility index (Phi) is 5.10. The van der Waals surface area contributed by atoms with Crippen LogP contribution in [0.3, 0.4) is 0 Å². The predicted octanol–water partition coefficient (Wildman–Crippen LogP) is -0.345. The maximum atomic E-state index is 12.0. The number of carbonyl (C=O) groups is 1. The minimum Gasteiger partial charge on any atom is -0.480 e. The molecular formula is C11H16N2O6S2. The highest BCUT2D eigenvalue weighted by atomic mass is 32.2. The van der Waals surface area contributed by atoms with Crippen LogP contribution in [0.1, 0.15) is 12.5 Å². The highest BCUT2D eigenvalue weighted by Gasteiger charge is 2.23. The van der Waals surface area contributed by atoms with Crippen LogP contribution in [0.25, 0.3) is 0 Å². The molecule has 10 heteroatoms. The van der Waals surface area contributed by atoms with E-state index in [1.54, 1.807) is 0 Å². The van der Waals surface area contributed by atoms with E-state index in [4.69, 9.17) is 5.11 Å².